The summed E-state index contributed by atoms with van der Waals surface area (Å²) in [5.74, 6) is -1.42. The Balaban J connectivity index is 1.30. The molecule has 1 saturated carbocycles. The van der Waals surface area contributed by atoms with Crippen LogP contribution in [0.4, 0.5) is 20.4 Å². The molecule has 1 aromatic carbocycles. The summed E-state index contributed by atoms with van der Waals surface area (Å²) in [6.07, 6.45) is 9.37. The monoisotopic (exact) mass is 543 g/mol. The van der Waals surface area contributed by atoms with Gasteiger partial charge < -0.3 is 14.5 Å². The first-order valence-electron chi connectivity index (χ1n) is 13.5. The molecule has 40 heavy (non-hydrogen) atoms. The van der Waals surface area contributed by atoms with E-state index >= 15 is 4.39 Å². The fourth-order valence-electron chi connectivity index (χ4n) is 5.51. The molecule has 0 unspecified atom stereocenters. The highest BCUT2D eigenvalue weighted by Gasteiger charge is 2.35. The number of nitrogens with zero attached hydrogens (tertiary/aromatic N) is 7. The first-order valence-corrected chi connectivity index (χ1v) is 13.5. The molecule has 0 radical (unpaired) electrons. The van der Waals surface area contributed by atoms with Crippen molar-refractivity contribution in [2.24, 2.45) is 0 Å². The summed E-state index contributed by atoms with van der Waals surface area (Å²) in [6.45, 7) is 3.27. The molecule has 5 heterocycles. The Morgan fingerprint density at radius 1 is 1.02 bits per heavy atom. The van der Waals surface area contributed by atoms with E-state index in [4.69, 9.17) is 14.7 Å². The number of carbonyl (C=O) groups excluding carboxylic acids is 1. The zero-order valence-corrected chi connectivity index (χ0v) is 21.9. The highest BCUT2D eigenvalue weighted by atomic mass is 19.1. The van der Waals surface area contributed by atoms with Gasteiger partial charge in [-0.15, -0.1) is 0 Å². The molecular formula is C29H27F2N7O2. The molecule has 0 N–H and O–H groups in total. The van der Waals surface area contributed by atoms with Gasteiger partial charge in [-0.25, -0.2) is 18.7 Å². The number of ether oxygens (including phenoxy) is 1. The number of benzene rings is 1. The Kier molecular flexibility index (Phi) is 6.03. The molecule has 3 aromatic heterocycles. The number of fused-ring (bicyclic) bond motifs is 1. The minimum atomic E-state index is -0.739. The topological polar surface area (TPSA) is 89.3 Å². The second-order valence-electron chi connectivity index (χ2n) is 10.6. The van der Waals surface area contributed by atoms with Gasteiger partial charge >= 0.3 is 0 Å². The highest BCUT2D eigenvalue weighted by molar-refractivity contribution is 6.08. The van der Waals surface area contributed by atoms with Crippen LogP contribution >= 0.6 is 0 Å². The van der Waals surface area contributed by atoms with E-state index in [1.54, 1.807) is 29.4 Å². The molecule has 2 fully saturated rings. The fraction of sp³-hybridized carbons (Fsp3) is 0.345. The molecule has 2 aliphatic heterocycles. The van der Waals surface area contributed by atoms with Crippen molar-refractivity contribution in [2.75, 3.05) is 29.4 Å². The van der Waals surface area contributed by atoms with E-state index in [0.29, 0.717) is 55.0 Å². The molecule has 1 amide bonds. The second kappa shape index (κ2) is 9.74. The van der Waals surface area contributed by atoms with Crippen molar-refractivity contribution < 1.29 is 18.3 Å². The van der Waals surface area contributed by atoms with E-state index in [-0.39, 0.29) is 29.4 Å². The van der Waals surface area contributed by atoms with Crippen LogP contribution in [-0.2, 0) is 11.2 Å². The Hall–Kier alpha value is -4.25. The van der Waals surface area contributed by atoms with Crippen molar-refractivity contribution in [3.8, 4) is 11.3 Å². The van der Waals surface area contributed by atoms with E-state index in [0.717, 1.165) is 24.5 Å². The fourth-order valence-corrected chi connectivity index (χ4v) is 5.51. The molecule has 0 bridgehead atoms. The number of amides is 1. The molecule has 1 aliphatic carbocycles. The lowest BCUT2D eigenvalue weighted by molar-refractivity contribution is -0.0179. The van der Waals surface area contributed by atoms with Gasteiger partial charge in [-0.2, -0.15) is 5.10 Å². The van der Waals surface area contributed by atoms with Crippen LogP contribution in [0.25, 0.3) is 11.3 Å². The molecule has 4 aromatic rings. The van der Waals surface area contributed by atoms with Crippen LogP contribution < -0.4 is 9.80 Å². The van der Waals surface area contributed by atoms with Gasteiger partial charge in [0.15, 0.2) is 0 Å². The number of morpholine rings is 1. The largest absolute Gasteiger partial charge is 0.367 e. The number of halogens is 2. The summed E-state index contributed by atoms with van der Waals surface area (Å²) >= 11 is 0. The zero-order chi connectivity index (χ0) is 27.4. The predicted molar refractivity (Wildman–Crippen MR) is 143 cm³/mol. The molecule has 0 spiro atoms. The van der Waals surface area contributed by atoms with Crippen molar-refractivity contribution in [1.82, 2.24) is 24.7 Å². The van der Waals surface area contributed by atoms with E-state index < -0.39 is 11.6 Å². The van der Waals surface area contributed by atoms with Crippen LogP contribution in [0, 0.1) is 11.6 Å². The van der Waals surface area contributed by atoms with Crippen LogP contribution in [0.3, 0.4) is 0 Å². The maximum Gasteiger partial charge on any atom is 0.277 e. The Morgan fingerprint density at radius 3 is 2.60 bits per heavy atom. The average Bonchev–Trinajstić information content (AvgIpc) is 3.69. The minimum Gasteiger partial charge on any atom is -0.367 e. The number of pyridine rings is 1. The first-order chi connectivity index (χ1) is 19.4. The van der Waals surface area contributed by atoms with Crippen molar-refractivity contribution in [3.05, 3.63) is 83.6 Å². The molecule has 3 aliphatic rings. The number of anilines is 2. The lowest BCUT2D eigenvalue weighted by Gasteiger charge is -2.37. The second-order valence-corrected chi connectivity index (χ2v) is 10.6. The molecule has 204 valence electrons. The SMILES string of the molecule is C[C@@H]1CN(c2nc3c(c(-c4ccc(F)cc4F)n2)CCN(c2ccncc2)C3=O)C[C@H](c2cnn(C3CC3)c2)O1. The van der Waals surface area contributed by atoms with Gasteiger partial charge in [0.1, 0.15) is 23.4 Å². The minimum absolute atomic E-state index is 0.134. The zero-order valence-electron chi connectivity index (χ0n) is 21.9. The molecule has 2 atom stereocenters. The van der Waals surface area contributed by atoms with Crippen LogP contribution in [-0.4, -0.2) is 56.4 Å². The van der Waals surface area contributed by atoms with Crippen molar-refractivity contribution in [1.29, 1.82) is 0 Å². The number of hydrogen-bond acceptors (Lipinski definition) is 7. The molecule has 11 heteroatoms. The highest BCUT2D eigenvalue weighted by Crippen LogP contribution is 2.37. The van der Waals surface area contributed by atoms with Crippen LogP contribution in [0.1, 0.15) is 53.5 Å². The summed E-state index contributed by atoms with van der Waals surface area (Å²) < 4.78 is 37.1. The Morgan fingerprint density at radius 2 is 1.82 bits per heavy atom. The van der Waals surface area contributed by atoms with Gasteiger partial charge in [0.05, 0.1) is 30.6 Å². The van der Waals surface area contributed by atoms with Crippen molar-refractivity contribution in [2.45, 2.75) is 44.4 Å². The van der Waals surface area contributed by atoms with Gasteiger partial charge in [0, 0.05) is 60.1 Å². The Labute approximate surface area is 229 Å². The van der Waals surface area contributed by atoms with Crippen molar-refractivity contribution >= 4 is 17.5 Å². The van der Waals surface area contributed by atoms with Crippen LogP contribution in [0.15, 0.2) is 55.1 Å². The lowest BCUT2D eigenvalue weighted by atomic mass is 9.97. The Bertz CT molecular complexity index is 1590. The maximum atomic E-state index is 15.1. The smallest absolute Gasteiger partial charge is 0.277 e. The van der Waals surface area contributed by atoms with Gasteiger partial charge in [0.2, 0.25) is 5.95 Å². The predicted octanol–water partition coefficient (Wildman–Crippen LogP) is 4.52. The summed E-state index contributed by atoms with van der Waals surface area (Å²) in [6, 6.07) is 7.39. The number of aromatic nitrogens is 5. The third kappa shape index (κ3) is 4.49. The van der Waals surface area contributed by atoms with Gasteiger partial charge in [-0.1, -0.05) is 0 Å². The van der Waals surface area contributed by atoms with E-state index in [2.05, 4.69) is 10.1 Å². The van der Waals surface area contributed by atoms with E-state index in [9.17, 15) is 9.18 Å². The van der Waals surface area contributed by atoms with Crippen LogP contribution in [0.5, 0.6) is 0 Å². The lowest BCUT2D eigenvalue weighted by Crippen LogP contribution is -2.45. The first kappa shape index (κ1) is 24.8. The molecule has 7 rings (SSSR count). The number of hydrogen-bond donors (Lipinski definition) is 0. The van der Waals surface area contributed by atoms with Gasteiger partial charge in [-0.05, 0) is 50.5 Å². The summed E-state index contributed by atoms with van der Waals surface area (Å²) in [5, 5.41) is 4.51. The number of carbonyl (C=O) groups is 1. The molecular weight excluding hydrogens is 516 g/mol. The van der Waals surface area contributed by atoms with E-state index in [1.165, 1.54) is 12.1 Å². The van der Waals surface area contributed by atoms with E-state index in [1.807, 2.05) is 28.9 Å². The standard InChI is InChI=1S/C29H27F2N7O2/c1-17-14-36(16-25(40-17)18-13-33-38(15-18)21-3-4-21)29-34-26(22-5-2-19(30)12-24(22)31)23-8-11-37(28(39)27(23)35-29)20-6-9-32-10-7-20/h2,5-7,9-10,12-13,15,17,21,25H,3-4,8,11,14,16H2,1H3/t17-,25-/m1/s1. The van der Waals surface area contributed by atoms with Gasteiger partial charge in [-0.3, -0.25) is 14.5 Å². The maximum absolute atomic E-state index is 15.1. The van der Waals surface area contributed by atoms with Crippen molar-refractivity contribution in [3.63, 3.8) is 0 Å². The average molecular weight is 544 g/mol. The summed E-state index contributed by atoms with van der Waals surface area (Å²) in [4.78, 5) is 31.0. The molecule has 1 saturated heterocycles. The number of rotatable bonds is 5. The van der Waals surface area contributed by atoms with Gasteiger partial charge in [0.25, 0.3) is 5.91 Å². The normalized spacial score (nSPS) is 21.0. The summed E-state index contributed by atoms with van der Waals surface area (Å²) in [5.41, 5.74) is 2.86. The van der Waals surface area contributed by atoms with Crippen LogP contribution in [0.2, 0.25) is 0 Å². The third-order valence-electron chi connectivity index (χ3n) is 7.65. The molecule has 9 nitrogen and oxygen atoms in total. The quantitative estimate of drug-likeness (QED) is 0.366. The third-order valence-corrected chi connectivity index (χ3v) is 7.65. The summed E-state index contributed by atoms with van der Waals surface area (Å²) in [7, 11) is 0.